The van der Waals surface area contributed by atoms with E-state index in [1.165, 1.54) is 12.1 Å². The van der Waals surface area contributed by atoms with Crippen LogP contribution in [0.4, 0.5) is 4.39 Å². The SMILES string of the molecule is CCOC(=O)CCCOc1c(C#N)c(-c2ccc(-c3ccccc3OCC)cc2)nc2ccc(F)cc12. The lowest BCUT2D eigenvalue weighted by Crippen LogP contribution is -2.08. The number of pyridine rings is 1. The van der Waals surface area contributed by atoms with E-state index in [-0.39, 0.29) is 30.3 Å². The van der Waals surface area contributed by atoms with E-state index in [9.17, 15) is 14.4 Å². The van der Waals surface area contributed by atoms with Crippen molar-refractivity contribution in [3.63, 3.8) is 0 Å². The Morgan fingerprint density at radius 3 is 2.46 bits per heavy atom. The van der Waals surface area contributed by atoms with E-state index in [4.69, 9.17) is 14.2 Å². The number of esters is 1. The summed E-state index contributed by atoms with van der Waals surface area (Å²) in [5.74, 6) is 0.264. The Labute approximate surface area is 215 Å². The molecule has 6 nitrogen and oxygen atoms in total. The third-order valence-corrected chi connectivity index (χ3v) is 5.74. The Morgan fingerprint density at radius 1 is 0.973 bits per heavy atom. The van der Waals surface area contributed by atoms with E-state index in [1.54, 1.807) is 13.0 Å². The fraction of sp³-hybridized carbons (Fsp3) is 0.233. The van der Waals surface area contributed by atoms with Crippen molar-refractivity contribution in [1.82, 2.24) is 4.98 Å². The molecule has 0 aliphatic heterocycles. The molecule has 0 atom stereocenters. The van der Waals surface area contributed by atoms with Crippen LogP contribution in [0, 0.1) is 17.1 Å². The first kappa shape index (κ1) is 25.6. The predicted molar refractivity (Wildman–Crippen MR) is 140 cm³/mol. The van der Waals surface area contributed by atoms with Crippen LogP contribution in [-0.2, 0) is 9.53 Å². The summed E-state index contributed by atoms with van der Waals surface area (Å²) in [5.41, 5.74) is 3.79. The zero-order chi connectivity index (χ0) is 26.2. The molecule has 1 aromatic heterocycles. The molecule has 0 aliphatic rings. The van der Waals surface area contributed by atoms with Crippen LogP contribution in [0.3, 0.4) is 0 Å². The summed E-state index contributed by atoms with van der Waals surface area (Å²) in [7, 11) is 0. The summed E-state index contributed by atoms with van der Waals surface area (Å²) in [6.07, 6.45) is 0.580. The average molecular weight is 499 g/mol. The molecule has 7 heteroatoms. The normalized spacial score (nSPS) is 10.6. The van der Waals surface area contributed by atoms with Crippen molar-refractivity contribution in [2.75, 3.05) is 19.8 Å². The number of halogens is 1. The van der Waals surface area contributed by atoms with Crippen LogP contribution >= 0.6 is 0 Å². The smallest absolute Gasteiger partial charge is 0.305 e. The maximum Gasteiger partial charge on any atom is 0.305 e. The van der Waals surface area contributed by atoms with Gasteiger partial charge < -0.3 is 14.2 Å². The molecule has 0 aliphatic carbocycles. The van der Waals surface area contributed by atoms with Gasteiger partial charge in [-0.1, -0.05) is 42.5 Å². The number of nitrogens with zero attached hydrogens (tertiary/aromatic N) is 2. The standard InChI is InChI=1S/C30H27FN2O4/c1-3-35-27-9-6-5-8-23(27)20-11-13-21(14-12-20)29-25(19-32)30(37-17-7-10-28(34)36-4-2)24-18-22(31)15-16-26(24)33-29/h5-6,8-9,11-16,18H,3-4,7,10,17H2,1-2H3. The molecule has 1 heterocycles. The van der Waals surface area contributed by atoms with Crippen molar-refractivity contribution < 1.29 is 23.4 Å². The second kappa shape index (κ2) is 12.0. The molecule has 4 aromatic rings. The van der Waals surface area contributed by atoms with Crippen LogP contribution in [0.15, 0.2) is 66.7 Å². The van der Waals surface area contributed by atoms with Gasteiger partial charge in [-0.3, -0.25) is 4.79 Å². The van der Waals surface area contributed by atoms with Gasteiger partial charge in [0.25, 0.3) is 0 Å². The zero-order valence-electron chi connectivity index (χ0n) is 20.8. The molecule has 4 rings (SSSR count). The van der Waals surface area contributed by atoms with Gasteiger partial charge in [0.2, 0.25) is 0 Å². The zero-order valence-corrected chi connectivity index (χ0v) is 20.8. The van der Waals surface area contributed by atoms with E-state index >= 15 is 0 Å². The summed E-state index contributed by atoms with van der Waals surface area (Å²) in [4.78, 5) is 16.3. The number of nitriles is 1. The van der Waals surface area contributed by atoms with Gasteiger partial charge in [0.1, 0.15) is 28.9 Å². The summed E-state index contributed by atoms with van der Waals surface area (Å²) in [5, 5.41) is 10.5. The molecule has 0 spiro atoms. The van der Waals surface area contributed by atoms with E-state index in [1.807, 2.05) is 55.5 Å². The summed E-state index contributed by atoms with van der Waals surface area (Å²) >= 11 is 0. The molecule has 0 amide bonds. The fourth-order valence-electron chi connectivity index (χ4n) is 4.09. The first-order valence-electron chi connectivity index (χ1n) is 12.2. The maximum atomic E-state index is 14.1. The van der Waals surface area contributed by atoms with Crippen LogP contribution in [0.2, 0.25) is 0 Å². The first-order chi connectivity index (χ1) is 18.0. The van der Waals surface area contributed by atoms with Crippen molar-refractivity contribution in [3.05, 3.63) is 78.1 Å². The molecule has 3 aromatic carbocycles. The topological polar surface area (TPSA) is 81.4 Å². The van der Waals surface area contributed by atoms with E-state index in [0.717, 1.165) is 22.4 Å². The molecule has 188 valence electrons. The Bertz CT molecular complexity index is 1440. The largest absolute Gasteiger partial charge is 0.493 e. The molecular weight excluding hydrogens is 471 g/mol. The van der Waals surface area contributed by atoms with Gasteiger partial charge in [-0.05, 0) is 50.1 Å². The molecular formula is C30H27FN2O4. The van der Waals surface area contributed by atoms with Crippen LogP contribution in [0.25, 0.3) is 33.3 Å². The van der Waals surface area contributed by atoms with E-state index in [2.05, 4.69) is 11.1 Å². The van der Waals surface area contributed by atoms with Gasteiger partial charge in [0.15, 0.2) is 0 Å². The third-order valence-electron chi connectivity index (χ3n) is 5.74. The molecule has 0 radical (unpaired) electrons. The minimum atomic E-state index is -0.459. The van der Waals surface area contributed by atoms with Gasteiger partial charge in [0.05, 0.1) is 31.0 Å². The van der Waals surface area contributed by atoms with Crippen molar-refractivity contribution >= 4 is 16.9 Å². The highest BCUT2D eigenvalue weighted by Crippen LogP contribution is 2.37. The fourth-order valence-corrected chi connectivity index (χ4v) is 4.09. The lowest BCUT2D eigenvalue weighted by molar-refractivity contribution is -0.143. The Balaban J connectivity index is 1.71. The number of fused-ring (bicyclic) bond motifs is 1. The molecule has 0 fully saturated rings. The number of hydrogen-bond acceptors (Lipinski definition) is 6. The van der Waals surface area contributed by atoms with E-state index < -0.39 is 5.82 Å². The summed E-state index contributed by atoms with van der Waals surface area (Å²) < 4.78 is 30.8. The number of carbonyl (C=O) groups excluding carboxylic acids is 1. The van der Waals surface area contributed by atoms with Crippen LogP contribution in [0.5, 0.6) is 11.5 Å². The number of hydrogen-bond donors (Lipinski definition) is 0. The number of rotatable bonds is 10. The van der Waals surface area contributed by atoms with Gasteiger partial charge in [0, 0.05) is 22.9 Å². The Kier molecular flexibility index (Phi) is 8.32. The molecule has 0 saturated heterocycles. The predicted octanol–water partition coefficient (Wildman–Crippen LogP) is 6.70. The number of ether oxygens (including phenoxy) is 3. The number of aromatic nitrogens is 1. The quantitative estimate of drug-likeness (QED) is 0.179. The highest BCUT2D eigenvalue weighted by atomic mass is 19.1. The molecule has 0 saturated carbocycles. The molecule has 0 bridgehead atoms. The van der Waals surface area contributed by atoms with Gasteiger partial charge in [-0.2, -0.15) is 5.26 Å². The van der Waals surface area contributed by atoms with Crippen molar-refractivity contribution in [2.45, 2.75) is 26.7 Å². The highest BCUT2D eigenvalue weighted by Gasteiger charge is 2.19. The lowest BCUT2D eigenvalue weighted by Gasteiger charge is -2.15. The molecule has 37 heavy (non-hydrogen) atoms. The molecule has 0 unspecified atom stereocenters. The van der Waals surface area contributed by atoms with Crippen molar-refractivity contribution in [2.24, 2.45) is 0 Å². The highest BCUT2D eigenvalue weighted by molar-refractivity contribution is 5.92. The molecule has 0 N–H and O–H groups in total. The second-order valence-electron chi connectivity index (χ2n) is 8.20. The van der Waals surface area contributed by atoms with Crippen molar-refractivity contribution in [3.8, 4) is 40.0 Å². The summed E-state index contributed by atoms with van der Waals surface area (Å²) in [6, 6.07) is 21.9. The van der Waals surface area contributed by atoms with E-state index in [0.29, 0.717) is 36.2 Å². The number of para-hydroxylation sites is 1. The Morgan fingerprint density at radius 2 is 1.73 bits per heavy atom. The van der Waals surface area contributed by atoms with Crippen molar-refractivity contribution in [1.29, 1.82) is 5.26 Å². The minimum absolute atomic E-state index is 0.162. The van der Waals surface area contributed by atoms with Crippen LogP contribution in [-0.4, -0.2) is 30.8 Å². The van der Waals surface area contributed by atoms with Gasteiger partial charge in [-0.15, -0.1) is 0 Å². The van der Waals surface area contributed by atoms with Crippen LogP contribution < -0.4 is 9.47 Å². The lowest BCUT2D eigenvalue weighted by atomic mass is 9.99. The summed E-state index contributed by atoms with van der Waals surface area (Å²) in [6.45, 7) is 4.72. The number of benzene rings is 3. The second-order valence-corrected chi connectivity index (χ2v) is 8.20. The third kappa shape index (κ3) is 5.87. The Hall–Kier alpha value is -4.44. The van der Waals surface area contributed by atoms with Crippen LogP contribution in [0.1, 0.15) is 32.3 Å². The number of carbonyl (C=O) groups is 1. The monoisotopic (exact) mass is 498 g/mol. The minimum Gasteiger partial charge on any atom is -0.493 e. The maximum absolute atomic E-state index is 14.1. The average Bonchev–Trinajstić information content (AvgIpc) is 2.91. The van der Waals surface area contributed by atoms with Gasteiger partial charge in [-0.25, -0.2) is 9.37 Å². The first-order valence-corrected chi connectivity index (χ1v) is 12.2. The van der Waals surface area contributed by atoms with Gasteiger partial charge >= 0.3 is 5.97 Å².